The average Bonchev–Trinajstić information content (AvgIpc) is 3.09. The normalized spacial score (nSPS) is 16.9. The fraction of sp³-hybridized carbons (Fsp3) is 0.200. The molecule has 0 spiro atoms. The quantitative estimate of drug-likeness (QED) is 0.793. The molecule has 0 aliphatic carbocycles. The third kappa shape index (κ3) is 2.30. The van der Waals surface area contributed by atoms with Gasteiger partial charge in [-0.1, -0.05) is 18.2 Å². The van der Waals surface area contributed by atoms with Crippen molar-refractivity contribution in [2.45, 2.75) is 12.6 Å². The standard InChI is InChI=1S/C15H13BrN4O/c16-14-8-20-10(6-19-15(20)7-18-14)5-17-12-9-21-13-4-2-1-3-11(12)13/h1-4,6-8,12,17H,5,9H2. The van der Waals surface area contributed by atoms with Crippen LogP contribution in [0.1, 0.15) is 17.3 Å². The molecule has 3 heterocycles. The van der Waals surface area contributed by atoms with E-state index >= 15 is 0 Å². The number of nitrogens with zero attached hydrogens (tertiary/aromatic N) is 3. The summed E-state index contributed by atoms with van der Waals surface area (Å²) in [6, 6.07) is 8.37. The molecule has 2 aromatic heterocycles. The van der Waals surface area contributed by atoms with Gasteiger partial charge < -0.3 is 10.1 Å². The SMILES string of the molecule is Brc1cn2c(CNC3COc4ccccc43)cnc2cn1. The molecule has 21 heavy (non-hydrogen) atoms. The topological polar surface area (TPSA) is 51.5 Å². The van der Waals surface area contributed by atoms with Crippen molar-refractivity contribution in [3.8, 4) is 5.75 Å². The highest BCUT2D eigenvalue weighted by Gasteiger charge is 2.23. The molecule has 106 valence electrons. The Bertz CT molecular complexity index is 801. The summed E-state index contributed by atoms with van der Waals surface area (Å²) in [5.41, 5.74) is 3.16. The number of hydrogen-bond donors (Lipinski definition) is 1. The number of imidazole rings is 1. The Hall–Kier alpha value is -1.92. The number of halogens is 1. The molecule has 0 radical (unpaired) electrons. The molecule has 1 aromatic carbocycles. The van der Waals surface area contributed by atoms with E-state index in [1.165, 1.54) is 5.56 Å². The summed E-state index contributed by atoms with van der Waals surface area (Å²) < 4.78 is 8.51. The van der Waals surface area contributed by atoms with Crippen molar-refractivity contribution in [3.63, 3.8) is 0 Å². The smallest absolute Gasteiger partial charge is 0.155 e. The minimum absolute atomic E-state index is 0.219. The van der Waals surface area contributed by atoms with Crippen LogP contribution in [0.5, 0.6) is 5.75 Å². The number of aromatic nitrogens is 3. The minimum atomic E-state index is 0.219. The van der Waals surface area contributed by atoms with E-state index in [9.17, 15) is 0 Å². The molecule has 6 heteroatoms. The van der Waals surface area contributed by atoms with Crippen LogP contribution in [0, 0.1) is 0 Å². The van der Waals surface area contributed by atoms with Crippen LogP contribution >= 0.6 is 15.9 Å². The van der Waals surface area contributed by atoms with Crippen LogP contribution in [0.25, 0.3) is 5.65 Å². The Morgan fingerprint density at radius 3 is 3.14 bits per heavy atom. The summed E-state index contributed by atoms with van der Waals surface area (Å²) in [5.74, 6) is 0.972. The molecule has 5 nitrogen and oxygen atoms in total. The first-order valence-electron chi connectivity index (χ1n) is 6.74. The molecule has 1 atom stereocenters. The largest absolute Gasteiger partial charge is 0.491 e. The number of para-hydroxylation sites is 1. The number of benzene rings is 1. The lowest BCUT2D eigenvalue weighted by molar-refractivity contribution is 0.310. The predicted octanol–water partition coefficient (Wildman–Crippen LogP) is 2.72. The summed E-state index contributed by atoms with van der Waals surface area (Å²) in [6.07, 6.45) is 5.55. The average molecular weight is 345 g/mol. The third-order valence-corrected chi connectivity index (χ3v) is 4.08. The van der Waals surface area contributed by atoms with Crippen LogP contribution in [-0.4, -0.2) is 21.0 Å². The zero-order chi connectivity index (χ0) is 14.2. The molecule has 0 saturated carbocycles. The maximum absolute atomic E-state index is 5.69. The van der Waals surface area contributed by atoms with Crippen molar-refractivity contribution in [2.75, 3.05) is 6.61 Å². The molecular formula is C15H13BrN4O. The van der Waals surface area contributed by atoms with Gasteiger partial charge in [0, 0.05) is 18.3 Å². The number of fused-ring (bicyclic) bond motifs is 2. The van der Waals surface area contributed by atoms with Gasteiger partial charge in [0.1, 0.15) is 17.0 Å². The number of ether oxygens (including phenoxy) is 1. The maximum atomic E-state index is 5.69. The monoisotopic (exact) mass is 344 g/mol. The van der Waals surface area contributed by atoms with Crippen LogP contribution in [0.4, 0.5) is 0 Å². The molecule has 0 saturated heterocycles. The van der Waals surface area contributed by atoms with Crippen LogP contribution in [0.3, 0.4) is 0 Å². The van der Waals surface area contributed by atoms with Crippen LogP contribution in [0.15, 0.2) is 47.5 Å². The van der Waals surface area contributed by atoms with E-state index in [0.29, 0.717) is 6.61 Å². The van der Waals surface area contributed by atoms with Gasteiger partial charge in [-0.05, 0) is 22.0 Å². The lowest BCUT2D eigenvalue weighted by Gasteiger charge is -2.11. The van der Waals surface area contributed by atoms with Gasteiger partial charge in [-0.2, -0.15) is 0 Å². The Kier molecular flexibility index (Phi) is 3.12. The third-order valence-electron chi connectivity index (χ3n) is 3.67. The number of nitrogens with one attached hydrogen (secondary N) is 1. The summed E-state index contributed by atoms with van der Waals surface area (Å²) in [4.78, 5) is 8.54. The first-order valence-corrected chi connectivity index (χ1v) is 7.53. The van der Waals surface area contributed by atoms with Gasteiger partial charge in [-0.15, -0.1) is 0 Å². The fourth-order valence-corrected chi connectivity index (χ4v) is 2.91. The maximum Gasteiger partial charge on any atom is 0.155 e. The van der Waals surface area contributed by atoms with Crippen molar-refractivity contribution in [1.82, 2.24) is 19.7 Å². The Labute approximate surface area is 130 Å². The Morgan fingerprint density at radius 1 is 1.29 bits per heavy atom. The number of rotatable bonds is 3. The van der Waals surface area contributed by atoms with Crippen LogP contribution < -0.4 is 10.1 Å². The van der Waals surface area contributed by atoms with E-state index in [1.54, 1.807) is 6.20 Å². The highest BCUT2D eigenvalue weighted by atomic mass is 79.9. The second-order valence-corrected chi connectivity index (χ2v) is 5.78. The highest BCUT2D eigenvalue weighted by molar-refractivity contribution is 9.10. The minimum Gasteiger partial charge on any atom is -0.491 e. The van der Waals surface area contributed by atoms with E-state index in [4.69, 9.17) is 4.74 Å². The van der Waals surface area contributed by atoms with Crippen molar-refractivity contribution >= 4 is 21.6 Å². The van der Waals surface area contributed by atoms with E-state index < -0.39 is 0 Å². The summed E-state index contributed by atoms with van der Waals surface area (Å²) in [5, 5.41) is 3.53. The number of hydrogen-bond acceptors (Lipinski definition) is 4. The molecule has 0 fully saturated rings. The van der Waals surface area contributed by atoms with Crippen molar-refractivity contribution in [2.24, 2.45) is 0 Å². The van der Waals surface area contributed by atoms with Gasteiger partial charge >= 0.3 is 0 Å². The van der Waals surface area contributed by atoms with Gasteiger partial charge in [0.15, 0.2) is 5.65 Å². The molecule has 1 unspecified atom stereocenters. The van der Waals surface area contributed by atoms with Crippen LogP contribution in [0.2, 0.25) is 0 Å². The summed E-state index contributed by atoms with van der Waals surface area (Å²) in [7, 11) is 0. The zero-order valence-electron chi connectivity index (χ0n) is 11.2. The lowest BCUT2D eigenvalue weighted by Crippen LogP contribution is -2.22. The first kappa shape index (κ1) is 12.8. The Balaban J connectivity index is 1.56. The van der Waals surface area contributed by atoms with E-state index in [0.717, 1.165) is 28.2 Å². The summed E-state index contributed by atoms with van der Waals surface area (Å²) in [6.45, 7) is 1.39. The van der Waals surface area contributed by atoms with Crippen molar-refractivity contribution < 1.29 is 4.74 Å². The zero-order valence-corrected chi connectivity index (χ0v) is 12.7. The second-order valence-electron chi connectivity index (χ2n) is 4.97. The molecule has 4 rings (SSSR count). The molecule has 3 aromatic rings. The summed E-state index contributed by atoms with van der Waals surface area (Å²) >= 11 is 3.39. The first-order chi connectivity index (χ1) is 10.3. The van der Waals surface area contributed by atoms with Crippen molar-refractivity contribution in [1.29, 1.82) is 0 Å². The van der Waals surface area contributed by atoms with E-state index in [-0.39, 0.29) is 6.04 Å². The van der Waals surface area contributed by atoms with Gasteiger partial charge in [-0.25, -0.2) is 9.97 Å². The molecular weight excluding hydrogens is 332 g/mol. The molecule has 0 bridgehead atoms. The Morgan fingerprint density at radius 2 is 2.19 bits per heavy atom. The molecule has 0 amide bonds. The van der Waals surface area contributed by atoms with E-state index in [1.807, 2.05) is 35.0 Å². The molecule has 1 aliphatic heterocycles. The fourth-order valence-electron chi connectivity index (χ4n) is 2.61. The predicted molar refractivity (Wildman–Crippen MR) is 82.2 cm³/mol. The van der Waals surface area contributed by atoms with Gasteiger partial charge in [0.25, 0.3) is 0 Å². The molecule has 1 aliphatic rings. The van der Waals surface area contributed by atoms with E-state index in [2.05, 4.69) is 37.3 Å². The van der Waals surface area contributed by atoms with Crippen LogP contribution in [-0.2, 0) is 6.54 Å². The van der Waals surface area contributed by atoms with Gasteiger partial charge in [0.2, 0.25) is 0 Å². The highest BCUT2D eigenvalue weighted by Crippen LogP contribution is 2.31. The second kappa shape index (κ2) is 5.13. The van der Waals surface area contributed by atoms with Gasteiger partial charge in [0.05, 0.1) is 24.1 Å². The lowest BCUT2D eigenvalue weighted by atomic mass is 10.1. The molecule has 1 N–H and O–H groups in total. The van der Waals surface area contributed by atoms with Gasteiger partial charge in [-0.3, -0.25) is 4.40 Å². The van der Waals surface area contributed by atoms with Crippen molar-refractivity contribution in [3.05, 3.63) is 58.7 Å².